The van der Waals surface area contributed by atoms with Gasteiger partial charge in [-0.2, -0.15) is 5.21 Å². The van der Waals surface area contributed by atoms with Gasteiger partial charge in [-0.15, -0.1) is 10.2 Å². The average Bonchev–Trinajstić information content (AvgIpc) is 3.37. The number of aromatic amines is 2. The summed E-state index contributed by atoms with van der Waals surface area (Å²) in [6, 6.07) is 12.4. The summed E-state index contributed by atoms with van der Waals surface area (Å²) >= 11 is 0. The van der Waals surface area contributed by atoms with Crippen molar-refractivity contribution in [2.45, 2.75) is 0 Å². The Bertz CT molecular complexity index is 967. The third-order valence-corrected chi connectivity index (χ3v) is 3.53. The maximum Gasteiger partial charge on any atom is 0.265 e. The average molecular weight is 332 g/mol. The predicted octanol–water partition coefficient (Wildman–Crippen LogP) is 1.96. The van der Waals surface area contributed by atoms with Gasteiger partial charge in [0, 0.05) is 17.3 Å². The molecule has 1 amide bonds. The van der Waals surface area contributed by atoms with E-state index in [1.807, 2.05) is 18.2 Å². The fourth-order valence-electron chi connectivity index (χ4n) is 2.38. The molecule has 4 aromatic rings. The van der Waals surface area contributed by atoms with E-state index in [1.54, 1.807) is 36.7 Å². The number of H-pyrrole nitrogens is 2. The van der Waals surface area contributed by atoms with E-state index in [1.165, 1.54) is 11.2 Å². The fourth-order valence-corrected chi connectivity index (χ4v) is 2.38. The topological polar surface area (TPSA) is 116 Å². The quantitative estimate of drug-likeness (QED) is 0.590. The molecular weight excluding hydrogens is 320 g/mol. The highest BCUT2D eigenvalue weighted by Crippen LogP contribution is 2.26. The van der Waals surface area contributed by atoms with Crippen molar-refractivity contribution in [3.8, 4) is 11.4 Å². The molecule has 0 bridgehead atoms. The van der Waals surface area contributed by atoms with E-state index in [-0.39, 0.29) is 5.91 Å². The van der Waals surface area contributed by atoms with Crippen LogP contribution in [0.3, 0.4) is 0 Å². The molecule has 0 aliphatic rings. The molecule has 0 unspecified atom stereocenters. The lowest BCUT2D eigenvalue weighted by Gasteiger charge is -2.20. The zero-order chi connectivity index (χ0) is 17.1. The van der Waals surface area contributed by atoms with Crippen LogP contribution in [0.25, 0.3) is 11.4 Å². The van der Waals surface area contributed by atoms with Crippen LogP contribution < -0.4 is 4.90 Å². The van der Waals surface area contributed by atoms with Crippen molar-refractivity contribution in [3.05, 3.63) is 66.7 Å². The Morgan fingerprint density at radius 2 is 2.00 bits per heavy atom. The van der Waals surface area contributed by atoms with E-state index in [0.29, 0.717) is 28.6 Å². The lowest BCUT2D eigenvalue weighted by Crippen LogP contribution is -2.27. The number of nitrogens with one attached hydrogen (secondary N) is 2. The molecule has 3 heterocycles. The maximum absolute atomic E-state index is 13.0. The molecule has 0 radical (unpaired) electrons. The number of hydrogen-bond donors (Lipinski definition) is 2. The van der Waals surface area contributed by atoms with Crippen LogP contribution in [0.4, 0.5) is 11.6 Å². The summed E-state index contributed by atoms with van der Waals surface area (Å²) in [6.07, 6.45) is 4.65. The summed E-state index contributed by atoms with van der Waals surface area (Å²) in [5, 5.41) is 13.9. The smallest absolute Gasteiger partial charge is 0.265 e. The van der Waals surface area contributed by atoms with Crippen LogP contribution in [0.1, 0.15) is 10.4 Å². The number of benzene rings is 1. The molecular formula is C16H12N8O. The number of tetrazole rings is 1. The standard InChI is InChI=1S/C16H12N8O/c25-16(11-4-2-1-3-5-11)24(14-9-17-10-19-14)13-8-12(6-7-18-13)15-20-22-23-21-15/h1-10H,(H,17,19)(H,20,21,22,23). The Hall–Kier alpha value is -3.88. The van der Waals surface area contributed by atoms with Crippen LogP contribution in [0.2, 0.25) is 0 Å². The molecule has 0 saturated carbocycles. The Balaban J connectivity index is 1.80. The number of nitrogens with zero attached hydrogens (tertiary/aromatic N) is 6. The zero-order valence-corrected chi connectivity index (χ0v) is 12.9. The molecule has 9 heteroatoms. The third-order valence-electron chi connectivity index (χ3n) is 3.53. The molecule has 0 spiro atoms. The number of rotatable bonds is 4. The van der Waals surface area contributed by atoms with Gasteiger partial charge in [-0.3, -0.25) is 4.79 Å². The van der Waals surface area contributed by atoms with Crippen molar-refractivity contribution in [2.75, 3.05) is 4.90 Å². The van der Waals surface area contributed by atoms with Crippen molar-refractivity contribution >= 4 is 17.5 Å². The Labute approximate surface area is 141 Å². The first-order chi connectivity index (χ1) is 12.3. The zero-order valence-electron chi connectivity index (χ0n) is 12.9. The largest absolute Gasteiger partial charge is 0.331 e. The summed E-state index contributed by atoms with van der Waals surface area (Å²) in [5.41, 5.74) is 1.22. The molecule has 0 aliphatic carbocycles. The second-order valence-electron chi connectivity index (χ2n) is 5.08. The molecule has 25 heavy (non-hydrogen) atoms. The molecule has 0 saturated heterocycles. The van der Waals surface area contributed by atoms with Gasteiger partial charge in [-0.25, -0.2) is 14.9 Å². The molecule has 9 nitrogen and oxygen atoms in total. The highest BCUT2D eigenvalue weighted by atomic mass is 16.2. The van der Waals surface area contributed by atoms with E-state index in [9.17, 15) is 4.79 Å². The summed E-state index contributed by atoms with van der Waals surface area (Å²) in [4.78, 5) is 25.7. The monoisotopic (exact) mass is 332 g/mol. The number of hydrogen-bond acceptors (Lipinski definition) is 6. The first-order valence-electron chi connectivity index (χ1n) is 7.40. The van der Waals surface area contributed by atoms with Crippen LogP contribution in [-0.4, -0.2) is 41.5 Å². The first-order valence-corrected chi connectivity index (χ1v) is 7.40. The number of carbonyl (C=O) groups is 1. The second-order valence-corrected chi connectivity index (χ2v) is 5.08. The molecule has 0 fully saturated rings. The molecule has 1 aromatic carbocycles. The highest BCUT2D eigenvalue weighted by molar-refractivity contribution is 6.09. The van der Waals surface area contributed by atoms with Crippen LogP contribution in [0.15, 0.2) is 61.2 Å². The van der Waals surface area contributed by atoms with E-state index < -0.39 is 0 Å². The van der Waals surface area contributed by atoms with Crippen molar-refractivity contribution in [3.63, 3.8) is 0 Å². The number of pyridine rings is 1. The van der Waals surface area contributed by atoms with E-state index >= 15 is 0 Å². The highest BCUT2D eigenvalue weighted by Gasteiger charge is 2.22. The molecule has 3 aromatic heterocycles. The van der Waals surface area contributed by atoms with E-state index in [2.05, 4.69) is 35.6 Å². The summed E-state index contributed by atoms with van der Waals surface area (Å²) in [5.74, 6) is 1.11. The van der Waals surface area contributed by atoms with Crippen LogP contribution in [0.5, 0.6) is 0 Å². The number of amides is 1. The minimum absolute atomic E-state index is 0.234. The van der Waals surface area contributed by atoms with Crippen molar-refractivity contribution in [1.82, 2.24) is 35.6 Å². The Morgan fingerprint density at radius 3 is 2.72 bits per heavy atom. The van der Waals surface area contributed by atoms with E-state index in [4.69, 9.17) is 0 Å². The van der Waals surface area contributed by atoms with Gasteiger partial charge in [-0.05, 0) is 29.5 Å². The van der Waals surface area contributed by atoms with Crippen LogP contribution >= 0.6 is 0 Å². The molecule has 122 valence electrons. The number of aromatic nitrogens is 7. The number of imidazole rings is 1. The minimum atomic E-state index is -0.234. The number of anilines is 2. The molecule has 2 N–H and O–H groups in total. The summed E-state index contributed by atoms with van der Waals surface area (Å²) in [7, 11) is 0. The lowest BCUT2D eigenvalue weighted by atomic mass is 10.2. The lowest BCUT2D eigenvalue weighted by molar-refractivity contribution is 0.0998. The Morgan fingerprint density at radius 1 is 1.12 bits per heavy atom. The molecule has 0 atom stereocenters. The fraction of sp³-hybridized carbons (Fsp3) is 0. The molecule has 4 rings (SSSR count). The van der Waals surface area contributed by atoms with Gasteiger partial charge in [0.05, 0.1) is 12.5 Å². The van der Waals surface area contributed by atoms with Crippen LogP contribution in [-0.2, 0) is 0 Å². The summed E-state index contributed by atoms with van der Waals surface area (Å²) < 4.78 is 0. The van der Waals surface area contributed by atoms with E-state index in [0.717, 1.165) is 0 Å². The SMILES string of the molecule is O=C(c1ccccc1)N(c1cc(-c2nn[nH]n2)ccn1)c1cnc[nH]1. The third kappa shape index (κ3) is 2.85. The van der Waals surface area contributed by atoms with Crippen molar-refractivity contribution < 1.29 is 4.79 Å². The van der Waals surface area contributed by atoms with Crippen molar-refractivity contribution in [1.29, 1.82) is 0 Å². The van der Waals surface area contributed by atoms with Gasteiger partial charge in [0.25, 0.3) is 5.91 Å². The normalized spacial score (nSPS) is 10.6. The van der Waals surface area contributed by atoms with Gasteiger partial charge in [0.2, 0.25) is 5.82 Å². The molecule has 0 aliphatic heterocycles. The maximum atomic E-state index is 13.0. The Kier molecular flexibility index (Phi) is 3.71. The summed E-state index contributed by atoms with van der Waals surface area (Å²) in [6.45, 7) is 0. The predicted molar refractivity (Wildman–Crippen MR) is 88.9 cm³/mol. The van der Waals surface area contributed by atoms with Gasteiger partial charge in [0.15, 0.2) is 0 Å². The second kappa shape index (κ2) is 6.32. The van der Waals surface area contributed by atoms with Gasteiger partial charge >= 0.3 is 0 Å². The first kappa shape index (κ1) is 14.7. The number of carbonyl (C=O) groups excluding carboxylic acids is 1. The van der Waals surface area contributed by atoms with Gasteiger partial charge in [-0.1, -0.05) is 18.2 Å². The van der Waals surface area contributed by atoms with Gasteiger partial charge in [0.1, 0.15) is 11.6 Å². The van der Waals surface area contributed by atoms with Crippen LogP contribution in [0, 0.1) is 0 Å². The van der Waals surface area contributed by atoms with Gasteiger partial charge < -0.3 is 4.98 Å². The minimum Gasteiger partial charge on any atom is -0.331 e. The van der Waals surface area contributed by atoms with Crippen molar-refractivity contribution in [2.24, 2.45) is 0 Å².